The molecular weight excluding hydrogens is 428 g/mol. The van der Waals surface area contributed by atoms with Crippen LogP contribution in [0, 0.1) is 18.3 Å². The summed E-state index contributed by atoms with van der Waals surface area (Å²) < 4.78 is 52.9. The van der Waals surface area contributed by atoms with Gasteiger partial charge in [-0.3, -0.25) is 0 Å². The van der Waals surface area contributed by atoms with Crippen LogP contribution in [0.5, 0.6) is 0 Å². The lowest BCUT2D eigenvalue weighted by molar-refractivity contribution is -0.660. The second-order valence-corrected chi connectivity index (χ2v) is 9.32. The molecule has 0 atom stereocenters. The minimum atomic E-state index is -1.14. The molecule has 3 nitrogen and oxygen atoms in total. The molecular formula is C32H29N2O+. The SMILES string of the molecule is [2H]c1c([2H])c(C2([2H])CCCCC2)c([2H])c([2H])c1-c1ccc2c(oc3c(-c4cccc[n+]4C)c(C)ccc32)c1C#N. The third-order valence-electron chi connectivity index (χ3n) is 7.15. The summed E-state index contributed by atoms with van der Waals surface area (Å²) in [6.45, 7) is 2.02. The van der Waals surface area contributed by atoms with Crippen molar-refractivity contribution in [1.82, 2.24) is 0 Å². The van der Waals surface area contributed by atoms with Gasteiger partial charge in [-0.15, -0.1) is 0 Å². The molecule has 1 fully saturated rings. The van der Waals surface area contributed by atoms with Gasteiger partial charge in [0, 0.05) is 29.8 Å². The fraction of sp³-hybridized carbons (Fsp3) is 0.250. The quantitative estimate of drug-likeness (QED) is 0.255. The summed E-state index contributed by atoms with van der Waals surface area (Å²) in [5.74, 6) is -1.14. The summed E-state index contributed by atoms with van der Waals surface area (Å²) in [6, 6.07) is 14.9. The van der Waals surface area contributed by atoms with E-state index in [-0.39, 0.29) is 40.9 Å². The molecule has 2 heterocycles. The molecule has 0 aliphatic heterocycles. The van der Waals surface area contributed by atoms with Gasteiger partial charge in [0.25, 0.3) is 0 Å². The second-order valence-electron chi connectivity index (χ2n) is 9.32. The molecule has 1 saturated carbocycles. The zero-order valence-corrected chi connectivity index (χ0v) is 20.0. The third kappa shape index (κ3) is 3.61. The summed E-state index contributed by atoms with van der Waals surface area (Å²) in [5, 5.41) is 11.9. The Bertz CT molecular complexity index is 1850. The van der Waals surface area contributed by atoms with Crippen LogP contribution in [0.4, 0.5) is 0 Å². The molecule has 0 bridgehead atoms. The van der Waals surface area contributed by atoms with Crippen LogP contribution in [0.15, 0.2) is 77.2 Å². The Morgan fingerprint density at radius 3 is 2.46 bits per heavy atom. The highest BCUT2D eigenvalue weighted by Crippen LogP contribution is 2.41. The van der Waals surface area contributed by atoms with Gasteiger partial charge in [-0.2, -0.15) is 5.26 Å². The number of nitriles is 1. The fourth-order valence-corrected chi connectivity index (χ4v) is 5.28. The van der Waals surface area contributed by atoms with Crippen LogP contribution in [0.25, 0.3) is 44.3 Å². The number of hydrogen-bond donors (Lipinski definition) is 0. The van der Waals surface area contributed by atoms with Gasteiger partial charge in [0.05, 0.1) is 11.0 Å². The fourth-order valence-electron chi connectivity index (χ4n) is 5.28. The Morgan fingerprint density at radius 1 is 0.971 bits per heavy atom. The van der Waals surface area contributed by atoms with Crippen LogP contribution in [0.2, 0.25) is 0 Å². The van der Waals surface area contributed by atoms with E-state index in [9.17, 15) is 5.26 Å². The molecule has 0 unspecified atom stereocenters. The molecule has 0 radical (unpaired) electrons. The minimum absolute atomic E-state index is 0.0583. The Morgan fingerprint density at radius 2 is 1.71 bits per heavy atom. The van der Waals surface area contributed by atoms with Crippen LogP contribution in [-0.4, -0.2) is 0 Å². The first-order chi connectivity index (χ1) is 19.2. The molecule has 0 saturated heterocycles. The lowest BCUT2D eigenvalue weighted by Gasteiger charge is -2.22. The molecule has 1 aliphatic carbocycles. The highest BCUT2D eigenvalue weighted by atomic mass is 16.3. The summed E-state index contributed by atoms with van der Waals surface area (Å²) >= 11 is 0. The topological polar surface area (TPSA) is 40.8 Å². The predicted molar refractivity (Wildman–Crippen MR) is 141 cm³/mol. The van der Waals surface area contributed by atoms with Gasteiger partial charge in [-0.05, 0) is 54.5 Å². The molecule has 3 aromatic carbocycles. The maximum absolute atomic E-state index is 10.3. The number of nitrogens with zero attached hydrogens (tertiary/aromatic N) is 2. The molecule has 2 aromatic heterocycles. The van der Waals surface area contributed by atoms with E-state index in [1.807, 2.05) is 61.1 Å². The van der Waals surface area contributed by atoms with Crippen LogP contribution >= 0.6 is 0 Å². The first kappa shape index (κ1) is 16.7. The molecule has 172 valence electrons. The Balaban J connectivity index is 1.62. The minimum Gasteiger partial charge on any atom is -0.454 e. The van der Waals surface area contributed by atoms with Gasteiger partial charge in [0.1, 0.15) is 24.3 Å². The molecule has 35 heavy (non-hydrogen) atoms. The average molecular weight is 463 g/mol. The zero-order valence-electron chi connectivity index (χ0n) is 25.0. The van der Waals surface area contributed by atoms with Crippen molar-refractivity contribution in [1.29, 1.82) is 5.26 Å². The van der Waals surface area contributed by atoms with E-state index in [0.717, 1.165) is 46.9 Å². The number of rotatable bonds is 3. The molecule has 0 amide bonds. The van der Waals surface area contributed by atoms with Gasteiger partial charge in [0.15, 0.2) is 11.8 Å². The van der Waals surface area contributed by atoms with Gasteiger partial charge in [-0.1, -0.05) is 61.6 Å². The Labute approximate surface area is 213 Å². The molecule has 1 aliphatic rings. The summed E-state index contributed by atoms with van der Waals surface area (Å²) in [4.78, 5) is 0. The Kier molecular flexibility index (Phi) is 4.15. The highest BCUT2D eigenvalue weighted by molar-refractivity contribution is 6.12. The summed E-state index contributed by atoms with van der Waals surface area (Å²) in [5.41, 5.74) is 4.58. The third-order valence-corrected chi connectivity index (χ3v) is 7.15. The van der Waals surface area contributed by atoms with Gasteiger partial charge in [0.2, 0.25) is 5.69 Å². The smallest absolute Gasteiger partial charge is 0.216 e. The van der Waals surface area contributed by atoms with Crippen LogP contribution in [0.3, 0.4) is 0 Å². The van der Waals surface area contributed by atoms with E-state index in [4.69, 9.17) is 11.3 Å². The second kappa shape index (κ2) is 8.71. The van der Waals surface area contributed by atoms with Gasteiger partial charge in [-0.25, -0.2) is 4.57 Å². The number of aryl methyl sites for hydroxylation is 2. The number of fused-ring (bicyclic) bond motifs is 3. The first-order valence-electron chi connectivity index (χ1n) is 14.6. The summed E-state index contributed by atoms with van der Waals surface area (Å²) in [6.07, 6.45) is 5.66. The predicted octanol–water partition coefficient (Wildman–Crippen LogP) is 7.97. The van der Waals surface area contributed by atoms with E-state index in [2.05, 4.69) is 6.07 Å². The van der Waals surface area contributed by atoms with Crippen molar-refractivity contribution in [2.45, 2.75) is 44.9 Å². The van der Waals surface area contributed by atoms with Gasteiger partial charge >= 0.3 is 0 Å². The van der Waals surface area contributed by atoms with Crippen molar-refractivity contribution in [2.24, 2.45) is 7.05 Å². The van der Waals surface area contributed by atoms with E-state index in [1.165, 1.54) is 0 Å². The van der Waals surface area contributed by atoms with E-state index < -0.39 is 5.89 Å². The molecule has 6 rings (SSSR count). The van der Waals surface area contributed by atoms with Crippen molar-refractivity contribution < 1.29 is 15.8 Å². The van der Waals surface area contributed by atoms with Crippen LogP contribution in [0.1, 0.15) is 61.5 Å². The molecule has 5 aromatic rings. The monoisotopic (exact) mass is 462 g/mol. The first-order valence-corrected chi connectivity index (χ1v) is 12.1. The van der Waals surface area contributed by atoms with Crippen molar-refractivity contribution >= 4 is 21.9 Å². The Hall–Kier alpha value is -3.90. The zero-order chi connectivity index (χ0) is 28.3. The average Bonchev–Trinajstić information content (AvgIpc) is 3.31. The molecule has 3 heteroatoms. The van der Waals surface area contributed by atoms with Crippen LogP contribution in [-0.2, 0) is 7.05 Å². The maximum atomic E-state index is 10.3. The standard InChI is InChI=1S/C32H29N2O/c1-21-11-16-27-26-18-17-25(24-14-12-23(13-15-24)22-8-4-3-5-9-22)28(20-33)31(26)35-32(27)30(21)29-10-6-7-19-34(29)2/h6-7,10-19,22H,3-5,8-9H2,1-2H3/q+1/i12D,13D,14D,15D,22D. The van der Waals surface area contributed by atoms with Crippen molar-refractivity contribution in [3.63, 3.8) is 0 Å². The van der Waals surface area contributed by atoms with E-state index in [0.29, 0.717) is 29.6 Å². The highest BCUT2D eigenvalue weighted by Gasteiger charge is 2.23. The number of aromatic nitrogens is 1. The largest absolute Gasteiger partial charge is 0.454 e. The number of benzene rings is 3. The maximum Gasteiger partial charge on any atom is 0.216 e. The van der Waals surface area contributed by atoms with Gasteiger partial charge < -0.3 is 4.42 Å². The normalized spacial score (nSPS) is 17.3. The summed E-state index contributed by atoms with van der Waals surface area (Å²) in [7, 11) is 1.97. The lowest BCUT2D eigenvalue weighted by Crippen LogP contribution is -2.30. The number of pyridine rings is 1. The van der Waals surface area contributed by atoms with Crippen molar-refractivity contribution in [3.8, 4) is 28.5 Å². The number of furan rings is 1. The lowest BCUT2D eigenvalue weighted by atomic mass is 9.83. The van der Waals surface area contributed by atoms with Crippen molar-refractivity contribution in [2.75, 3.05) is 0 Å². The van der Waals surface area contributed by atoms with E-state index in [1.54, 1.807) is 6.07 Å². The number of hydrogen-bond acceptors (Lipinski definition) is 2. The van der Waals surface area contributed by atoms with E-state index >= 15 is 0 Å². The van der Waals surface area contributed by atoms with Crippen molar-refractivity contribution in [3.05, 3.63) is 89.5 Å². The van der Waals surface area contributed by atoms with Crippen LogP contribution < -0.4 is 4.57 Å². The molecule has 0 N–H and O–H groups in total. The molecule has 0 spiro atoms.